The van der Waals surface area contributed by atoms with Crippen LogP contribution in [0.4, 0.5) is 17.1 Å². The Bertz CT molecular complexity index is 3300. The second-order valence-electron chi connectivity index (χ2n) is 15.3. The number of nitrogens with zero attached hydrogens (tertiary/aromatic N) is 2. The van der Waals surface area contributed by atoms with Crippen molar-refractivity contribution in [2.24, 2.45) is 0 Å². The van der Waals surface area contributed by atoms with Gasteiger partial charge >= 0.3 is 0 Å². The van der Waals surface area contributed by atoms with Crippen molar-refractivity contribution < 1.29 is 0 Å². The van der Waals surface area contributed by atoms with Crippen molar-refractivity contribution in [1.29, 1.82) is 0 Å². The first-order valence-electron chi connectivity index (χ1n) is 20.6. The Labute approximate surface area is 350 Å². The molecule has 11 aromatic rings. The van der Waals surface area contributed by atoms with E-state index >= 15 is 0 Å². The standard InChI is InChI=1S/C58H40N2/c1-5-19-41(20-6-1)48-28-15-16-30-51(48)52-37-34-46(39-55(52)43-23-9-3-10-24-43)59(45-26-11-4-12-27-45)47-35-38-54-53-31-17-18-32-56(53)60(57(54)40-47)58-49-29-14-13-25-44(49)33-36-50(58)42-21-7-2-8-22-42/h1-40H. The van der Waals surface area contributed by atoms with Gasteiger partial charge in [-0.15, -0.1) is 0 Å². The third-order valence-corrected chi connectivity index (χ3v) is 11.8. The number of aromatic nitrogens is 1. The lowest BCUT2D eigenvalue weighted by atomic mass is 9.89. The van der Waals surface area contributed by atoms with Crippen molar-refractivity contribution in [2.75, 3.05) is 4.90 Å². The number of hydrogen-bond acceptors (Lipinski definition) is 1. The Morgan fingerprint density at radius 1 is 0.267 bits per heavy atom. The summed E-state index contributed by atoms with van der Waals surface area (Å²) in [5, 5.41) is 4.87. The summed E-state index contributed by atoms with van der Waals surface area (Å²) in [6.07, 6.45) is 0. The first kappa shape index (κ1) is 35.2. The van der Waals surface area contributed by atoms with Crippen molar-refractivity contribution in [2.45, 2.75) is 0 Å². The fourth-order valence-corrected chi connectivity index (χ4v) is 9.06. The molecule has 0 bridgehead atoms. The lowest BCUT2D eigenvalue weighted by Crippen LogP contribution is -2.10. The van der Waals surface area contributed by atoms with Crippen molar-refractivity contribution in [3.8, 4) is 50.2 Å². The summed E-state index contributed by atoms with van der Waals surface area (Å²) in [5.41, 5.74) is 16.3. The van der Waals surface area contributed by atoms with E-state index < -0.39 is 0 Å². The molecule has 0 saturated carbocycles. The first-order chi connectivity index (χ1) is 29.8. The number of benzene rings is 10. The van der Waals surface area contributed by atoms with E-state index in [0.29, 0.717) is 0 Å². The maximum Gasteiger partial charge on any atom is 0.0618 e. The average Bonchev–Trinajstić information content (AvgIpc) is 3.65. The van der Waals surface area contributed by atoms with Gasteiger partial charge in [-0.25, -0.2) is 0 Å². The molecule has 2 nitrogen and oxygen atoms in total. The third kappa shape index (κ3) is 6.14. The predicted octanol–water partition coefficient (Wildman–Crippen LogP) is 16.1. The number of rotatable bonds is 8. The summed E-state index contributed by atoms with van der Waals surface area (Å²) in [4.78, 5) is 2.40. The molecule has 0 fully saturated rings. The molecule has 10 aromatic carbocycles. The van der Waals surface area contributed by atoms with Gasteiger partial charge < -0.3 is 9.47 Å². The number of fused-ring (bicyclic) bond motifs is 4. The summed E-state index contributed by atoms with van der Waals surface area (Å²) in [6, 6.07) is 87.9. The zero-order valence-electron chi connectivity index (χ0n) is 33.0. The smallest absolute Gasteiger partial charge is 0.0618 e. The van der Waals surface area contributed by atoms with Crippen molar-refractivity contribution in [3.05, 3.63) is 243 Å². The van der Waals surface area contributed by atoms with Crippen LogP contribution < -0.4 is 4.90 Å². The van der Waals surface area contributed by atoms with Gasteiger partial charge in [0.1, 0.15) is 0 Å². The minimum Gasteiger partial charge on any atom is -0.310 e. The number of anilines is 3. The lowest BCUT2D eigenvalue weighted by molar-refractivity contribution is 1.19. The molecular weight excluding hydrogens is 725 g/mol. The van der Waals surface area contributed by atoms with Crippen molar-refractivity contribution in [1.82, 2.24) is 4.57 Å². The van der Waals surface area contributed by atoms with Gasteiger partial charge in [-0.05, 0) is 86.8 Å². The highest BCUT2D eigenvalue weighted by Gasteiger charge is 2.22. The van der Waals surface area contributed by atoms with Crippen LogP contribution in [0.25, 0.3) is 82.8 Å². The van der Waals surface area contributed by atoms with E-state index in [1.54, 1.807) is 0 Å². The molecule has 0 unspecified atom stereocenters. The average molecular weight is 765 g/mol. The minimum absolute atomic E-state index is 1.08. The Morgan fingerprint density at radius 3 is 1.47 bits per heavy atom. The van der Waals surface area contributed by atoms with Crippen LogP contribution in [-0.4, -0.2) is 4.57 Å². The van der Waals surface area contributed by atoms with E-state index in [0.717, 1.165) is 22.6 Å². The van der Waals surface area contributed by atoms with Gasteiger partial charge in [0.05, 0.1) is 16.7 Å². The maximum absolute atomic E-state index is 2.50. The van der Waals surface area contributed by atoms with E-state index in [1.807, 2.05) is 0 Å². The largest absolute Gasteiger partial charge is 0.310 e. The highest BCUT2D eigenvalue weighted by atomic mass is 15.1. The van der Waals surface area contributed by atoms with Gasteiger partial charge in [-0.2, -0.15) is 0 Å². The molecule has 0 amide bonds. The summed E-state index contributed by atoms with van der Waals surface area (Å²) in [7, 11) is 0. The van der Waals surface area contributed by atoms with Crippen LogP contribution in [0, 0.1) is 0 Å². The van der Waals surface area contributed by atoms with Gasteiger partial charge in [0, 0.05) is 38.8 Å². The molecule has 1 aromatic heterocycles. The molecule has 0 aliphatic heterocycles. The molecule has 0 atom stereocenters. The Kier molecular flexibility index (Phi) is 8.87. The van der Waals surface area contributed by atoms with Crippen LogP contribution in [0.15, 0.2) is 243 Å². The van der Waals surface area contributed by atoms with Crippen molar-refractivity contribution in [3.63, 3.8) is 0 Å². The minimum atomic E-state index is 1.08. The normalized spacial score (nSPS) is 11.3. The molecule has 0 aliphatic rings. The fourth-order valence-electron chi connectivity index (χ4n) is 9.06. The Morgan fingerprint density at radius 2 is 0.750 bits per heavy atom. The topological polar surface area (TPSA) is 8.17 Å². The van der Waals surface area contributed by atoms with E-state index in [9.17, 15) is 0 Å². The monoisotopic (exact) mass is 764 g/mol. The van der Waals surface area contributed by atoms with Gasteiger partial charge in [0.25, 0.3) is 0 Å². The van der Waals surface area contributed by atoms with E-state index in [1.165, 1.54) is 77.3 Å². The molecule has 0 radical (unpaired) electrons. The van der Waals surface area contributed by atoms with Crippen LogP contribution in [0.2, 0.25) is 0 Å². The predicted molar refractivity (Wildman–Crippen MR) is 255 cm³/mol. The van der Waals surface area contributed by atoms with Crippen LogP contribution in [-0.2, 0) is 0 Å². The van der Waals surface area contributed by atoms with E-state index in [-0.39, 0.29) is 0 Å². The Balaban J connectivity index is 1.17. The van der Waals surface area contributed by atoms with Crippen molar-refractivity contribution >= 4 is 49.6 Å². The molecule has 2 heteroatoms. The molecular formula is C58H40N2. The first-order valence-corrected chi connectivity index (χ1v) is 20.6. The highest BCUT2D eigenvalue weighted by molar-refractivity contribution is 6.13. The molecule has 0 spiro atoms. The fraction of sp³-hybridized carbons (Fsp3) is 0. The molecule has 0 saturated heterocycles. The van der Waals surface area contributed by atoms with E-state index in [4.69, 9.17) is 0 Å². The molecule has 1 heterocycles. The molecule has 0 N–H and O–H groups in total. The number of para-hydroxylation sites is 2. The summed E-state index contributed by atoms with van der Waals surface area (Å²) < 4.78 is 2.50. The summed E-state index contributed by atoms with van der Waals surface area (Å²) in [6.45, 7) is 0. The third-order valence-electron chi connectivity index (χ3n) is 11.8. The molecule has 282 valence electrons. The highest BCUT2D eigenvalue weighted by Crippen LogP contribution is 2.45. The Hall–Kier alpha value is -7.94. The molecule has 0 aliphatic carbocycles. The molecule has 11 rings (SSSR count). The van der Waals surface area contributed by atoms with Gasteiger partial charge in [-0.3, -0.25) is 0 Å². The maximum atomic E-state index is 2.50. The zero-order valence-corrected chi connectivity index (χ0v) is 33.0. The quantitative estimate of drug-likeness (QED) is 0.150. The zero-order chi connectivity index (χ0) is 39.8. The van der Waals surface area contributed by atoms with Gasteiger partial charge in [0.15, 0.2) is 0 Å². The lowest BCUT2D eigenvalue weighted by Gasteiger charge is -2.27. The second kappa shape index (κ2) is 15.1. The van der Waals surface area contributed by atoms with Crippen LogP contribution >= 0.6 is 0 Å². The number of hydrogen-bond donors (Lipinski definition) is 0. The van der Waals surface area contributed by atoms with Gasteiger partial charge in [0.2, 0.25) is 0 Å². The summed E-state index contributed by atoms with van der Waals surface area (Å²) in [5.74, 6) is 0. The van der Waals surface area contributed by atoms with E-state index in [2.05, 4.69) is 252 Å². The van der Waals surface area contributed by atoms with Crippen LogP contribution in [0.3, 0.4) is 0 Å². The SMILES string of the molecule is c1ccc(-c2ccccc2-c2ccc(N(c3ccccc3)c3ccc4c5ccccc5n(-c5c(-c6ccccc6)ccc6ccccc56)c4c3)cc2-c2ccccc2)cc1. The molecule has 60 heavy (non-hydrogen) atoms. The van der Waals surface area contributed by atoms with Crippen LogP contribution in [0.5, 0.6) is 0 Å². The van der Waals surface area contributed by atoms with Crippen LogP contribution in [0.1, 0.15) is 0 Å². The second-order valence-corrected chi connectivity index (χ2v) is 15.3. The summed E-state index contributed by atoms with van der Waals surface area (Å²) >= 11 is 0. The van der Waals surface area contributed by atoms with Gasteiger partial charge in [-0.1, -0.05) is 200 Å².